The van der Waals surface area contributed by atoms with Gasteiger partial charge in [-0.2, -0.15) is 0 Å². The van der Waals surface area contributed by atoms with E-state index in [9.17, 15) is 9.59 Å². The third-order valence-corrected chi connectivity index (χ3v) is 5.25. The van der Waals surface area contributed by atoms with Gasteiger partial charge in [0.05, 0.1) is 0 Å². The fourth-order valence-electron chi connectivity index (χ4n) is 4.36. The molecule has 0 spiro atoms. The fourth-order valence-corrected chi connectivity index (χ4v) is 4.36. The Morgan fingerprint density at radius 2 is 1.95 bits per heavy atom. The van der Waals surface area contributed by atoms with E-state index < -0.39 is 12.0 Å². The zero-order valence-corrected chi connectivity index (χ0v) is 11.7. The lowest BCUT2D eigenvalue weighted by atomic mass is 10.0. The van der Waals surface area contributed by atoms with Gasteiger partial charge in [0.15, 0.2) is 0 Å². The average molecular weight is 282 g/mol. The number of fused-ring (bicyclic) bond motifs is 5. The van der Waals surface area contributed by atoms with E-state index in [1.54, 1.807) is 0 Å². The number of ether oxygens (including phenoxy) is 1. The van der Waals surface area contributed by atoms with Crippen LogP contribution >= 0.6 is 0 Å². The van der Waals surface area contributed by atoms with Crippen molar-refractivity contribution < 1.29 is 19.4 Å². The number of carbonyl (C=O) groups excluding carboxylic acids is 1. The van der Waals surface area contributed by atoms with E-state index >= 15 is 0 Å². The van der Waals surface area contributed by atoms with Crippen LogP contribution in [0, 0.1) is 23.7 Å². The Labute approximate surface area is 118 Å². The van der Waals surface area contributed by atoms with Crippen molar-refractivity contribution in [1.29, 1.82) is 0 Å². The molecule has 5 atom stereocenters. The Hall–Kier alpha value is -1.30. The lowest BCUT2D eigenvalue weighted by Crippen LogP contribution is -2.47. The monoisotopic (exact) mass is 282 g/mol. The van der Waals surface area contributed by atoms with Gasteiger partial charge in [0.2, 0.25) is 0 Å². The van der Waals surface area contributed by atoms with Gasteiger partial charge in [0.1, 0.15) is 6.04 Å². The van der Waals surface area contributed by atoms with Gasteiger partial charge in [-0.05, 0) is 42.9 Å². The Balaban J connectivity index is 1.47. The third-order valence-electron chi connectivity index (χ3n) is 5.25. The van der Waals surface area contributed by atoms with Gasteiger partial charge in [-0.15, -0.1) is 0 Å². The van der Waals surface area contributed by atoms with Crippen LogP contribution in [0.4, 0.5) is 4.79 Å². The van der Waals surface area contributed by atoms with E-state index in [0.717, 1.165) is 11.8 Å². The summed E-state index contributed by atoms with van der Waals surface area (Å²) in [5.41, 5.74) is 0. The molecule has 0 aliphatic heterocycles. The predicted octanol–water partition coefficient (Wildman–Crippen LogP) is 0.820. The summed E-state index contributed by atoms with van der Waals surface area (Å²) < 4.78 is 4.86. The molecule has 0 aromatic heterocycles. The van der Waals surface area contributed by atoms with Crippen LogP contribution in [0.5, 0.6) is 0 Å². The summed E-state index contributed by atoms with van der Waals surface area (Å²) in [7, 11) is 1.51. The molecule has 3 rings (SSSR count). The molecule has 0 heterocycles. The lowest BCUT2D eigenvalue weighted by Gasteiger charge is -2.16. The maximum atomic E-state index is 11.9. The molecule has 3 saturated carbocycles. The van der Waals surface area contributed by atoms with Gasteiger partial charge in [-0.1, -0.05) is 0 Å². The third kappa shape index (κ3) is 2.37. The number of carbonyl (C=O) groups is 2. The van der Waals surface area contributed by atoms with Crippen molar-refractivity contribution in [3.63, 3.8) is 0 Å². The van der Waals surface area contributed by atoms with Gasteiger partial charge in [0.25, 0.3) is 0 Å². The number of amides is 2. The topological polar surface area (TPSA) is 87.7 Å². The minimum atomic E-state index is -1.02. The zero-order chi connectivity index (χ0) is 14.3. The summed E-state index contributed by atoms with van der Waals surface area (Å²) in [4.78, 5) is 23.0. The van der Waals surface area contributed by atoms with Crippen LogP contribution < -0.4 is 10.6 Å². The lowest BCUT2D eigenvalue weighted by molar-refractivity contribution is -0.139. The van der Waals surface area contributed by atoms with E-state index in [2.05, 4.69) is 10.6 Å². The highest BCUT2D eigenvalue weighted by Crippen LogP contribution is 2.65. The second kappa shape index (κ2) is 5.24. The number of methoxy groups -OCH3 is 1. The van der Waals surface area contributed by atoms with Crippen molar-refractivity contribution in [3.05, 3.63) is 0 Å². The maximum absolute atomic E-state index is 11.9. The van der Waals surface area contributed by atoms with Crippen LogP contribution in [0.25, 0.3) is 0 Å². The summed E-state index contributed by atoms with van der Waals surface area (Å²) in [5, 5.41) is 14.6. The van der Waals surface area contributed by atoms with E-state index in [1.807, 2.05) is 0 Å². The van der Waals surface area contributed by atoms with Gasteiger partial charge in [-0.25, -0.2) is 9.59 Å². The van der Waals surface area contributed by atoms with Crippen molar-refractivity contribution in [2.75, 3.05) is 13.7 Å². The highest BCUT2D eigenvalue weighted by molar-refractivity contribution is 5.82. The number of carboxylic acids is 1. The molecule has 3 aliphatic rings. The van der Waals surface area contributed by atoms with Crippen LogP contribution in [0.1, 0.15) is 25.7 Å². The van der Waals surface area contributed by atoms with E-state index in [4.69, 9.17) is 9.84 Å². The first kappa shape index (κ1) is 13.7. The summed E-state index contributed by atoms with van der Waals surface area (Å²) in [5.74, 6) is 1.87. The first-order valence-corrected chi connectivity index (χ1v) is 7.40. The van der Waals surface area contributed by atoms with E-state index in [1.165, 1.54) is 26.4 Å². The molecule has 0 radical (unpaired) electrons. The molecule has 6 heteroatoms. The van der Waals surface area contributed by atoms with Crippen molar-refractivity contribution in [2.45, 2.75) is 37.8 Å². The molecule has 3 fully saturated rings. The van der Waals surface area contributed by atoms with Gasteiger partial charge < -0.3 is 20.5 Å². The first-order chi connectivity index (χ1) is 9.61. The zero-order valence-electron chi connectivity index (χ0n) is 11.7. The molecule has 3 N–H and O–H groups in total. The van der Waals surface area contributed by atoms with E-state index in [-0.39, 0.29) is 18.5 Å². The average Bonchev–Trinajstić information content (AvgIpc) is 2.82. The van der Waals surface area contributed by atoms with Gasteiger partial charge >= 0.3 is 12.0 Å². The number of rotatable bonds is 6. The van der Waals surface area contributed by atoms with Crippen molar-refractivity contribution in [2.24, 2.45) is 23.7 Å². The Morgan fingerprint density at radius 3 is 2.50 bits per heavy atom. The molecule has 6 nitrogen and oxygen atoms in total. The second-order valence-corrected chi connectivity index (χ2v) is 6.30. The molecule has 0 aromatic rings. The van der Waals surface area contributed by atoms with Gasteiger partial charge in [0, 0.05) is 26.2 Å². The molecule has 112 valence electrons. The number of carboxylic acid groups (broad SMARTS) is 1. The molecule has 20 heavy (non-hydrogen) atoms. The molecule has 0 aromatic carbocycles. The standard InChI is InChI=1S/C14H22N2O4/c1-20-5-4-9(13(17)18)15-14(19)16-12-10-7-2-3-8(6-7)11(10)12/h7-12H,2-6H2,1H3,(H,17,18)(H2,15,16,19). The summed E-state index contributed by atoms with van der Waals surface area (Å²) in [6.07, 6.45) is 4.22. The highest BCUT2D eigenvalue weighted by Gasteiger charge is 2.65. The molecule has 3 aliphatic carbocycles. The minimum absolute atomic E-state index is 0.276. The summed E-state index contributed by atoms with van der Waals surface area (Å²) in [6, 6.07) is -0.962. The van der Waals surface area contributed by atoms with Crippen LogP contribution in [-0.4, -0.2) is 42.9 Å². The largest absolute Gasteiger partial charge is 0.480 e. The van der Waals surface area contributed by atoms with Crippen LogP contribution in [0.3, 0.4) is 0 Å². The SMILES string of the molecule is COCCC(NC(=O)NC1C2C3CCC(C3)C12)C(=O)O. The summed E-state index contributed by atoms with van der Waals surface area (Å²) >= 11 is 0. The van der Waals surface area contributed by atoms with Crippen molar-refractivity contribution >= 4 is 12.0 Å². The Morgan fingerprint density at radius 1 is 1.30 bits per heavy atom. The quantitative estimate of drug-likeness (QED) is 0.673. The number of hydrogen-bond acceptors (Lipinski definition) is 3. The Bertz CT molecular complexity index is 398. The second-order valence-electron chi connectivity index (χ2n) is 6.30. The molecule has 0 saturated heterocycles. The minimum Gasteiger partial charge on any atom is -0.480 e. The maximum Gasteiger partial charge on any atom is 0.326 e. The normalized spacial score (nSPS) is 38.1. The smallest absolute Gasteiger partial charge is 0.326 e. The summed E-state index contributed by atoms with van der Waals surface area (Å²) in [6.45, 7) is 0.316. The van der Waals surface area contributed by atoms with Crippen LogP contribution in [0.2, 0.25) is 0 Å². The van der Waals surface area contributed by atoms with E-state index in [0.29, 0.717) is 18.4 Å². The number of aliphatic carboxylic acids is 1. The first-order valence-electron chi connectivity index (χ1n) is 7.40. The van der Waals surface area contributed by atoms with Crippen LogP contribution in [0.15, 0.2) is 0 Å². The molecule has 2 bridgehead atoms. The molecular weight excluding hydrogens is 260 g/mol. The van der Waals surface area contributed by atoms with Crippen LogP contribution in [-0.2, 0) is 9.53 Å². The Kier molecular flexibility index (Phi) is 3.58. The number of nitrogens with one attached hydrogen (secondary N) is 2. The fraction of sp³-hybridized carbons (Fsp3) is 0.857. The number of hydrogen-bond donors (Lipinski definition) is 3. The van der Waals surface area contributed by atoms with Crippen molar-refractivity contribution in [3.8, 4) is 0 Å². The van der Waals surface area contributed by atoms with Gasteiger partial charge in [-0.3, -0.25) is 0 Å². The molecular formula is C14H22N2O4. The molecule has 2 amide bonds. The number of urea groups is 1. The predicted molar refractivity (Wildman–Crippen MR) is 71.2 cm³/mol. The molecule has 5 unspecified atom stereocenters. The van der Waals surface area contributed by atoms with Crippen molar-refractivity contribution in [1.82, 2.24) is 10.6 Å². The highest BCUT2D eigenvalue weighted by atomic mass is 16.5.